The highest BCUT2D eigenvalue weighted by atomic mass is 32.1. The zero-order valence-corrected chi connectivity index (χ0v) is 25.1. The van der Waals surface area contributed by atoms with Crippen LogP contribution in [0.2, 0.25) is 0 Å². The van der Waals surface area contributed by atoms with E-state index in [1.54, 1.807) is 23.7 Å². The van der Waals surface area contributed by atoms with Gasteiger partial charge in [-0.25, -0.2) is 4.98 Å². The smallest absolute Gasteiger partial charge is 0.307 e. The third-order valence-corrected chi connectivity index (χ3v) is 7.24. The summed E-state index contributed by atoms with van der Waals surface area (Å²) in [4.78, 5) is 21.9. The van der Waals surface area contributed by atoms with Crippen LogP contribution in [0, 0.1) is 0 Å². The first-order valence-corrected chi connectivity index (χ1v) is 14.4. The number of aromatic nitrogens is 2. The lowest BCUT2D eigenvalue weighted by atomic mass is 9.83. The van der Waals surface area contributed by atoms with Gasteiger partial charge in [0.05, 0.1) is 18.2 Å². The first-order chi connectivity index (χ1) is 17.8. The van der Waals surface area contributed by atoms with Crippen LogP contribution < -0.4 is 11.1 Å². The number of hydrogen-bond acceptors (Lipinski definition) is 7. The molecule has 0 radical (unpaired) electrons. The summed E-state index contributed by atoms with van der Waals surface area (Å²) < 4.78 is 5.53. The van der Waals surface area contributed by atoms with Gasteiger partial charge in [0.1, 0.15) is 5.60 Å². The molecule has 38 heavy (non-hydrogen) atoms. The first kappa shape index (κ1) is 29.8. The van der Waals surface area contributed by atoms with Crippen molar-refractivity contribution in [1.29, 1.82) is 0 Å². The molecule has 2 aromatic heterocycles. The average Bonchev–Trinajstić information content (AvgIpc) is 3.29. The molecule has 0 aliphatic heterocycles. The fraction of sp³-hybridized carbons (Fsp3) is 0.516. The summed E-state index contributed by atoms with van der Waals surface area (Å²) in [5.74, 6) is 0.863. The minimum absolute atomic E-state index is 0.0771. The van der Waals surface area contributed by atoms with Gasteiger partial charge in [0, 0.05) is 29.4 Å². The number of hydrogen-bond donors (Lipinski definition) is 2. The molecule has 0 amide bonds. The topological polar surface area (TPSA) is 90.1 Å². The molecule has 0 fully saturated rings. The Morgan fingerprint density at radius 2 is 1.66 bits per heavy atom. The summed E-state index contributed by atoms with van der Waals surface area (Å²) in [5.41, 5.74) is 13.1. The molecular weight excluding hydrogens is 492 g/mol. The van der Waals surface area contributed by atoms with Crippen molar-refractivity contribution in [2.45, 2.75) is 104 Å². The normalized spacial score (nSPS) is 13.7. The lowest BCUT2D eigenvalue weighted by Gasteiger charge is -2.26. The van der Waals surface area contributed by atoms with E-state index >= 15 is 0 Å². The number of thiazole rings is 1. The molecule has 3 aromatic rings. The van der Waals surface area contributed by atoms with Gasteiger partial charge in [0.25, 0.3) is 0 Å². The lowest BCUT2D eigenvalue weighted by Crippen LogP contribution is -2.37. The number of pyridine rings is 1. The molecule has 2 heterocycles. The molecule has 0 bridgehead atoms. The van der Waals surface area contributed by atoms with Gasteiger partial charge in [-0.05, 0) is 66.8 Å². The summed E-state index contributed by atoms with van der Waals surface area (Å²) in [7, 11) is 0. The Balaban J connectivity index is 1.98. The second-order valence-electron chi connectivity index (χ2n) is 11.9. The maximum Gasteiger partial charge on any atom is 0.307 e. The van der Waals surface area contributed by atoms with Gasteiger partial charge in [-0.1, -0.05) is 59.7 Å². The quantitative estimate of drug-likeness (QED) is 0.257. The lowest BCUT2D eigenvalue weighted by molar-refractivity contribution is -0.155. The van der Waals surface area contributed by atoms with Crippen molar-refractivity contribution in [3.63, 3.8) is 0 Å². The highest BCUT2D eigenvalue weighted by molar-refractivity contribution is 7.14. The highest BCUT2D eigenvalue weighted by Gasteiger charge is 2.27. The van der Waals surface area contributed by atoms with Gasteiger partial charge in [-0.2, -0.15) is 0 Å². The number of carbonyl (C=O) groups is 1. The summed E-state index contributed by atoms with van der Waals surface area (Å²) >= 11 is 1.55. The molecular formula is C31H44N4O2S. The Morgan fingerprint density at radius 1 is 1.03 bits per heavy atom. The summed E-state index contributed by atoms with van der Waals surface area (Å²) in [5, 5.41) is 6.39. The van der Waals surface area contributed by atoms with Crippen LogP contribution in [0.15, 0.2) is 42.0 Å². The van der Waals surface area contributed by atoms with E-state index in [4.69, 9.17) is 15.5 Å². The molecule has 0 aliphatic carbocycles. The van der Waals surface area contributed by atoms with Crippen molar-refractivity contribution in [3.05, 3.63) is 64.3 Å². The fourth-order valence-electron chi connectivity index (χ4n) is 4.53. The average molecular weight is 537 g/mol. The van der Waals surface area contributed by atoms with Crippen molar-refractivity contribution < 1.29 is 9.53 Å². The number of benzene rings is 1. The predicted octanol–water partition coefficient (Wildman–Crippen LogP) is 7.79. The van der Waals surface area contributed by atoms with E-state index in [2.05, 4.69) is 69.4 Å². The SMILES string of the molecule is CC(C)c1cc(C(C)C)c(-c2csc(NC(c3cccnc3)C(N)CC(=O)OC(C)(C)C)n2)c(C(C)C)c1. The van der Waals surface area contributed by atoms with Crippen LogP contribution in [0.3, 0.4) is 0 Å². The zero-order chi connectivity index (χ0) is 28.2. The Hall–Kier alpha value is -2.77. The van der Waals surface area contributed by atoms with Crippen LogP contribution in [-0.2, 0) is 9.53 Å². The summed E-state index contributed by atoms with van der Waals surface area (Å²) in [6, 6.07) is 7.65. The number of anilines is 1. The molecule has 2 unspecified atom stereocenters. The van der Waals surface area contributed by atoms with Crippen molar-refractivity contribution in [2.24, 2.45) is 5.73 Å². The van der Waals surface area contributed by atoms with E-state index in [0.29, 0.717) is 17.8 Å². The third kappa shape index (κ3) is 7.64. The van der Waals surface area contributed by atoms with Gasteiger partial charge in [0.2, 0.25) is 0 Å². The van der Waals surface area contributed by atoms with Crippen molar-refractivity contribution in [1.82, 2.24) is 9.97 Å². The Labute approximate surface area is 232 Å². The minimum atomic E-state index is -0.564. The van der Waals surface area contributed by atoms with E-state index in [0.717, 1.165) is 16.4 Å². The van der Waals surface area contributed by atoms with E-state index in [1.165, 1.54) is 22.3 Å². The molecule has 7 heteroatoms. The number of carbonyl (C=O) groups excluding carboxylic acids is 1. The molecule has 3 rings (SSSR count). The number of ether oxygens (including phenoxy) is 1. The molecule has 1 aromatic carbocycles. The van der Waals surface area contributed by atoms with Gasteiger partial charge < -0.3 is 15.8 Å². The number of rotatable bonds is 10. The molecule has 6 nitrogen and oxygen atoms in total. The molecule has 0 spiro atoms. The molecule has 0 aliphatic rings. The van der Waals surface area contributed by atoms with Crippen LogP contribution in [0.5, 0.6) is 0 Å². The van der Waals surface area contributed by atoms with Crippen molar-refractivity contribution in [2.75, 3.05) is 5.32 Å². The minimum Gasteiger partial charge on any atom is -0.460 e. The fourth-order valence-corrected chi connectivity index (χ4v) is 5.27. The van der Waals surface area contributed by atoms with E-state index in [9.17, 15) is 4.79 Å². The van der Waals surface area contributed by atoms with Crippen LogP contribution in [0.25, 0.3) is 11.3 Å². The molecule has 0 saturated carbocycles. The molecule has 3 N–H and O–H groups in total. The standard InChI is InChI=1S/C31H44N4O2S/c1-18(2)22-13-23(19(3)4)28(24(14-22)20(5)6)26-17-38-30(34-26)35-29(21-11-10-12-33-16-21)25(32)15-27(36)37-31(7,8)9/h10-14,16-20,25,29H,15,32H2,1-9H3,(H,34,35). The van der Waals surface area contributed by atoms with Gasteiger partial charge in [0.15, 0.2) is 5.13 Å². The second kappa shape index (κ2) is 12.4. The molecule has 206 valence electrons. The van der Waals surface area contributed by atoms with Gasteiger partial charge in [-0.3, -0.25) is 9.78 Å². The number of nitrogens with one attached hydrogen (secondary N) is 1. The number of esters is 1. The van der Waals surface area contributed by atoms with Crippen LogP contribution in [0.1, 0.15) is 115 Å². The highest BCUT2D eigenvalue weighted by Crippen LogP contribution is 2.40. The van der Waals surface area contributed by atoms with Crippen LogP contribution >= 0.6 is 11.3 Å². The maximum absolute atomic E-state index is 12.6. The van der Waals surface area contributed by atoms with Crippen molar-refractivity contribution >= 4 is 22.4 Å². The Bertz CT molecular complexity index is 1180. The summed E-state index contributed by atoms with van der Waals surface area (Å²) in [6.07, 6.45) is 3.58. The van der Waals surface area contributed by atoms with Gasteiger partial charge in [-0.15, -0.1) is 11.3 Å². The van der Waals surface area contributed by atoms with E-state index in [-0.39, 0.29) is 18.4 Å². The summed E-state index contributed by atoms with van der Waals surface area (Å²) in [6.45, 7) is 19.0. The monoisotopic (exact) mass is 536 g/mol. The molecule has 2 atom stereocenters. The second-order valence-corrected chi connectivity index (χ2v) is 12.8. The van der Waals surface area contributed by atoms with Crippen molar-refractivity contribution in [3.8, 4) is 11.3 Å². The van der Waals surface area contributed by atoms with Gasteiger partial charge >= 0.3 is 5.97 Å². The largest absolute Gasteiger partial charge is 0.460 e. The number of nitrogens with two attached hydrogens (primary N) is 1. The maximum atomic E-state index is 12.6. The third-order valence-electron chi connectivity index (χ3n) is 6.47. The molecule has 0 saturated heterocycles. The zero-order valence-electron chi connectivity index (χ0n) is 24.3. The Kier molecular flexibility index (Phi) is 9.71. The van der Waals surface area contributed by atoms with E-state index in [1.807, 2.05) is 32.9 Å². The van der Waals surface area contributed by atoms with Crippen LogP contribution in [0.4, 0.5) is 5.13 Å². The predicted molar refractivity (Wildman–Crippen MR) is 159 cm³/mol. The van der Waals surface area contributed by atoms with E-state index < -0.39 is 11.6 Å². The first-order valence-electron chi connectivity index (χ1n) is 13.5. The Morgan fingerprint density at radius 3 is 2.16 bits per heavy atom. The van der Waals surface area contributed by atoms with Crippen LogP contribution in [-0.4, -0.2) is 27.6 Å². The number of nitrogens with zero attached hydrogens (tertiary/aromatic N) is 2.